The van der Waals surface area contributed by atoms with Crippen LogP contribution in [-0.4, -0.2) is 34.0 Å². The molecule has 1 aromatic carbocycles. The van der Waals surface area contributed by atoms with Crippen LogP contribution in [0.5, 0.6) is 0 Å². The summed E-state index contributed by atoms with van der Waals surface area (Å²) in [5, 5.41) is 22.6. The minimum absolute atomic E-state index is 0.0470. The minimum atomic E-state index is -0.0473. The molecular weight excluding hydrogens is 228 g/mol. The molecule has 3 N–H and O–H groups in total. The van der Waals surface area contributed by atoms with Crippen LogP contribution in [0.1, 0.15) is 12.0 Å². The number of hydrogen-bond donors (Lipinski definition) is 3. The van der Waals surface area contributed by atoms with Crippen LogP contribution in [0.25, 0.3) is 10.9 Å². The maximum Gasteiger partial charge on any atom is 0.0585 e. The maximum atomic E-state index is 9.17. The number of fused-ring (bicyclic) bond motifs is 1. The Bertz CT molecular complexity index is 507. The molecule has 98 valence electrons. The summed E-state index contributed by atoms with van der Waals surface area (Å²) in [6.07, 6.45) is 2.67. The third-order valence-corrected chi connectivity index (χ3v) is 3.26. The first kappa shape index (κ1) is 13.1. The fourth-order valence-electron chi connectivity index (χ4n) is 2.23. The van der Waals surface area contributed by atoms with Gasteiger partial charge in [-0.2, -0.15) is 0 Å². The van der Waals surface area contributed by atoms with Gasteiger partial charge in [0, 0.05) is 43.3 Å². The number of aliphatic hydroxyl groups excluding tert-OH is 2. The zero-order valence-corrected chi connectivity index (χ0v) is 10.6. The highest BCUT2D eigenvalue weighted by molar-refractivity contribution is 5.83. The van der Waals surface area contributed by atoms with Crippen molar-refractivity contribution in [3.05, 3.63) is 36.0 Å². The van der Waals surface area contributed by atoms with E-state index >= 15 is 0 Å². The number of nitrogens with zero attached hydrogens (tertiary/aromatic N) is 1. The Morgan fingerprint density at radius 2 is 2.06 bits per heavy atom. The van der Waals surface area contributed by atoms with Crippen molar-refractivity contribution in [2.45, 2.75) is 19.0 Å². The van der Waals surface area contributed by atoms with Gasteiger partial charge in [0.15, 0.2) is 0 Å². The van der Waals surface area contributed by atoms with Crippen LogP contribution in [0, 0.1) is 0 Å². The lowest BCUT2D eigenvalue weighted by Crippen LogP contribution is -2.32. The largest absolute Gasteiger partial charge is 0.396 e. The summed E-state index contributed by atoms with van der Waals surface area (Å²) in [5.41, 5.74) is 2.42. The highest BCUT2D eigenvalue weighted by Crippen LogP contribution is 2.20. The van der Waals surface area contributed by atoms with Crippen LogP contribution < -0.4 is 5.32 Å². The van der Waals surface area contributed by atoms with Gasteiger partial charge in [-0.05, 0) is 18.1 Å². The minimum Gasteiger partial charge on any atom is -0.396 e. The Kier molecular flexibility index (Phi) is 4.36. The van der Waals surface area contributed by atoms with Crippen molar-refractivity contribution in [2.75, 3.05) is 13.2 Å². The van der Waals surface area contributed by atoms with Crippen LogP contribution in [0.4, 0.5) is 0 Å². The van der Waals surface area contributed by atoms with E-state index in [0.717, 1.165) is 0 Å². The molecule has 4 heteroatoms. The van der Waals surface area contributed by atoms with Gasteiger partial charge in [0.1, 0.15) is 0 Å². The van der Waals surface area contributed by atoms with E-state index in [-0.39, 0.29) is 19.3 Å². The molecule has 0 aliphatic rings. The third kappa shape index (κ3) is 2.72. The molecule has 0 aliphatic carbocycles. The van der Waals surface area contributed by atoms with Crippen molar-refractivity contribution in [1.82, 2.24) is 9.88 Å². The summed E-state index contributed by atoms with van der Waals surface area (Å²) in [6.45, 7) is 0.839. The molecular formula is C14H20N2O2. The van der Waals surface area contributed by atoms with Gasteiger partial charge in [0.2, 0.25) is 0 Å². The molecule has 0 spiro atoms. The molecule has 1 atom stereocenters. The molecule has 0 saturated carbocycles. The normalized spacial score (nSPS) is 13.1. The Hall–Kier alpha value is -1.36. The lowest BCUT2D eigenvalue weighted by atomic mass is 10.1. The van der Waals surface area contributed by atoms with E-state index in [0.29, 0.717) is 13.0 Å². The number of aromatic nitrogens is 1. The van der Waals surface area contributed by atoms with Gasteiger partial charge in [0.25, 0.3) is 0 Å². The van der Waals surface area contributed by atoms with E-state index in [9.17, 15) is 5.11 Å². The average molecular weight is 248 g/mol. The Balaban J connectivity index is 2.12. The van der Waals surface area contributed by atoms with Crippen LogP contribution in [0.3, 0.4) is 0 Å². The van der Waals surface area contributed by atoms with Gasteiger partial charge in [-0.1, -0.05) is 18.2 Å². The van der Waals surface area contributed by atoms with Crippen molar-refractivity contribution in [3.63, 3.8) is 0 Å². The predicted octanol–water partition coefficient (Wildman–Crippen LogP) is 1.01. The molecule has 0 saturated heterocycles. The predicted molar refractivity (Wildman–Crippen MR) is 72.3 cm³/mol. The molecule has 2 aromatic rings. The molecule has 0 amide bonds. The Labute approximate surface area is 107 Å². The fraction of sp³-hybridized carbons (Fsp3) is 0.429. The van der Waals surface area contributed by atoms with E-state index < -0.39 is 0 Å². The molecule has 1 heterocycles. The third-order valence-electron chi connectivity index (χ3n) is 3.26. The highest BCUT2D eigenvalue weighted by Gasteiger charge is 2.09. The summed E-state index contributed by atoms with van der Waals surface area (Å²) in [4.78, 5) is 0. The van der Waals surface area contributed by atoms with Crippen molar-refractivity contribution in [2.24, 2.45) is 7.05 Å². The lowest BCUT2D eigenvalue weighted by molar-refractivity contribution is 0.200. The molecule has 18 heavy (non-hydrogen) atoms. The molecule has 0 radical (unpaired) electrons. The van der Waals surface area contributed by atoms with Crippen LogP contribution in [-0.2, 0) is 13.6 Å². The van der Waals surface area contributed by atoms with Gasteiger partial charge in [-0.15, -0.1) is 0 Å². The second kappa shape index (κ2) is 6.00. The summed E-state index contributed by atoms with van der Waals surface area (Å²) < 4.78 is 2.10. The molecule has 4 nitrogen and oxygen atoms in total. The number of aliphatic hydroxyl groups is 2. The smallest absolute Gasteiger partial charge is 0.0585 e. The van der Waals surface area contributed by atoms with E-state index in [1.54, 1.807) is 0 Å². The number of para-hydroxylation sites is 1. The molecule has 2 rings (SSSR count). The van der Waals surface area contributed by atoms with Crippen LogP contribution in [0.2, 0.25) is 0 Å². The second-order valence-corrected chi connectivity index (χ2v) is 4.56. The van der Waals surface area contributed by atoms with Gasteiger partial charge in [-0.3, -0.25) is 0 Å². The molecule has 1 aromatic heterocycles. The van der Waals surface area contributed by atoms with Crippen molar-refractivity contribution < 1.29 is 10.2 Å². The number of benzene rings is 1. The van der Waals surface area contributed by atoms with Crippen molar-refractivity contribution in [3.8, 4) is 0 Å². The number of nitrogens with one attached hydrogen (secondary N) is 1. The second-order valence-electron chi connectivity index (χ2n) is 4.56. The Morgan fingerprint density at radius 1 is 1.28 bits per heavy atom. The highest BCUT2D eigenvalue weighted by atomic mass is 16.3. The zero-order chi connectivity index (χ0) is 13.0. The average Bonchev–Trinajstić information content (AvgIpc) is 2.72. The quantitative estimate of drug-likeness (QED) is 0.715. The van der Waals surface area contributed by atoms with E-state index in [2.05, 4.69) is 28.2 Å². The fourth-order valence-corrected chi connectivity index (χ4v) is 2.23. The van der Waals surface area contributed by atoms with E-state index in [1.165, 1.54) is 16.5 Å². The van der Waals surface area contributed by atoms with Gasteiger partial charge in [0.05, 0.1) is 6.61 Å². The van der Waals surface area contributed by atoms with Crippen LogP contribution in [0.15, 0.2) is 30.5 Å². The van der Waals surface area contributed by atoms with Crippen molar-refractivity contribution in [1.29, 1.82) is 0 Å². The lowest BCUT2D eigenvalue weighted by Gasteiger charge is -2.14. The molecule has 0 bridgehead atoms. The summed E-state index contributed by atoms with van der Waals surface area (Å²) in [6, 6.07) is 8.21. The topological polar surface area (TPSA) is 57.4 Å². The maximum absolute atomic E-state index is 9.17. The Morgan fingerprint density at radius 3 is 2.78 bits per heavy atom. The monoisotopic (exact) mass is 248 g/mol. The standard InChI is InChI=1S/C14H20N2O2/c1-16-9-11(8-15-12(10-18)6-7-17)13-4-2-3-5-14(13)16/h2-5,9,12,15,17-18H,6-8,10H2,1H3. The van der Waals surface area contributed by atoms with E-state index in [4.69, 9.17) is 5.11 Å². The number of hydrogen-bond acceptors (Lipinski definition) is 3. The summed E-state index contributed by atoms with van der Waals surface area (Å²) in [5.74, 6) is 0. The first-order chi connectivity index (χ1) is 8.76. The van der Waals surface area contributed by atoms with E-state index in [1.807, 2.05) is 19.2 Å². The first-order valence-electron chi connectivity index (χ1n) is 6.24. The summed E-state index contributed by atoms with van der Waals surface area (Å²) in [7, 11) is 2.03. The number of rotatable bonds is 6. The first-order valence-corrected chi connectivity index (χ1v) is 6.24. The molecule has 1 unspecified atom stereocenters. The van der Waals surface area contributed by atoms with Gasteiger partial charge < -0.3 is 20.1 Å². The van der Waals surface area contributed by atoms with Gasteiger partial charge in [-0.25, -0.2) is 0 Å². The zero-order valence-electron chi connectivity index (χ0n) is 10.6. The molecule has 0 aliphatic heterocycles. The van der Waals surface area contributed by atoms with Gasteiger partial charge >= 0.3 is 0 Å². The number of aryl methyl sites for hydroxylation is 1. The summed E-state index contributed by atoms with van der Waals surface area (Å²) >= 11 is 0. The van der Waals surface area contributed by atoms with Crippen molar-refractivity contribution >= 4 is 10.9 Å². The SMILES string of the molecule is Cn1cc(CNC(CO)CCO)c2ccccc21. The molecule has 0 fully saturated rings. The van der Waals surface area contributed by atoms with Crippen LogP contribution >= 0.6 is 0 Å².